The molecule has 0 spiro atoms. The predicted molar refractivity (Wildman–Crippen MR) is 103 cm³/mol. The molecule has 3 heterocycles. The fourth-order valence-corrected chi connectivity index (χ4v) is 3.62. The van der Waals surface area contributed by atoms with E-state index in [-0.39, 0.29) is 11.9 Å². The van der Waals surface area contributed by atoms with E-state index in [0.29, 0.717) is 12.2 Å². The molecule has 3 aromatic rings. The Morgan fingerprint density at radius 3 is 2.85 bits per heavy atom. The monoisotopic (exact) mass is 413 g/mol. The number of nitrogens with one attached hydrogen (secondary N) is 1. The summed E-state index contributed by atoms with van der Waals surface area (Å²) in [5.41, 5.74) is 3.42. The second kappa shape index (κ2) is 7.07. The van der Waals surface area contributed by atoms with Crippen LogP contribution in [-0.2, 0) is 0 Å². The van der Waals surface area contributed by atoms with E-state index in [0.717, 1.165) is 40.7 Å². The first kappa shape index (κ1) is 17.0. The molecule has 1 aliphatic heterocycles. The SMILES string of the molecule is Cc1cnn(C2CCCN(C(=O)c3cc(-c4ccc(Br)cc4)n[nH]3)C2)c1. The van der Waals surface area contributed by atoms with Crippen LogP contribution >= 0.6 is 15.9 Å². The number of carbonyl (C=O) groups is 1. The third-order valence-electron chi connectivity index (χ3n) is 4.74. The number of nitrogens with zero attached hydrogens (tertiary/aromatic N) is 4. The van der Waals surface area contributed by atoms with Crippen molar-refractivity contribution in [3.63, 3.8) is 0 Å². The molecule has 2 aromatic heterocycles. The molecule has 4 rings (SSSR count). The Balaban J connectivity index is 1.49. The zero-order chi connectivity index (χ0) is 18.1. The largest absolute Gasteiger partial charge is 0.335 e. The lowest BCUT2D eigenvalue weighted by molar-refractivity contribution is 0.0667. The van der Waals surface area contributed by atoms with Crippen molar-refractivity contribution in [1.82, 2.24) is 24.9 Å². The van der Waals surface area contributed by atoms with E-state index in [1.54, 1.807) is 0 Å². The lowest BCUT2D eigenvalue weighted by Gasteiger charge is -2.32. The van der Waals surface area contributed by atoms with Crippen molar-refractivity contribution in [3.05, 3.63) is 58.5 Å². The number of aromatic amines is 1. The van der Waals surface area contributed by atoms with Gasteiger partial charge in [-0.15, -0.1) is 0 Å². The third kappa shape index (κ3) is 3.44. The zero-order valence-electron chi connectivity index (χ0n) is 14.5. The smallest absolute Gasteiger partial charge is 0.271 e. The van der Waals surface area contributed by atoms with E-state index in [1.807, 2.05) is 59.2 Å². The van der Waals surface area contributed by atoms with Crippen LogP contribution in [0.25, 0.3) is 11.3 Å². The number of likely N-dealkylation sites (tertiary alicyclic amines) is 1. The van der Waals surface area contributed by atoms with E-state index in [9.17, 15) is 4.79 Å². The van der Waals surface area contributed by atoms with Crippen molar-refractivity contribution >= 4 is 21.8 Å². The number of carbonyl (C=O) groups excluding carboxylic acids is 1. The number of hydrogen-bond acceptors (Lipinski definition) is 3. The Hall–Kier alpha value is -2.41. The first-order valence-electron chi connectivity index (χ1n) is 8.71. The molecule has 134 valence electrons. The molecule has 1 saturated heterocycles. The Kier molecular flexibility index (Phi) is 4.63. The van der Waals surface area contributed by atoms with Crippen LogP contribution in [0.15, 0.2) is 47.2 Å². The molecule has 1 fully saturated rings. The number of aromatic nitrogens is 4. The Bertz CT molecular complexity index is 914. The maximum absolute atomic E-state index is 12.9. The van der Waals surface area contributed by atoms with Crippen LogP contribution < -0.4 is 0 Å². The number of rotatable bonds is 3. The van der Waals surface area contributed by atoms with Crippen LogP contribution in [0.5, 0.6) is 0 Å². The van der Waals surface area contributed by atoms with Gasteiger partial charge < -0.3 is 4.90 Å². The molecular formula is C19H20BrN5O. The molecule has 0 saturated carbocycles. The average molecular weight is 414 g/mol. The van der Waals surface area contributed by atoms with Crippen LogP contribution in [0.2, 0.25) is 0 Å². The maximum atomic E-state index is 12.9. The predicted octanol–water partition coefficient (Wildman–Crippen LogP) is 3.82. The minimum absolute atomic E-state index is 0.00515. The maximum Gasteiger partial charge on any atom is 0.271 e. The number of piperidine rings is 1. The van der Waals surface area contributed by atoms with Gasteiger partial charge in [-0.1, -0.05) is 28.1 Å². The summed E-state index contributed by atoms with van der Waals surface area (Å²) in [6, 6.07) is 9.94. The zero-order valence-corrected chi connectivity index (χ0v) is 16.1. The van der Waals surface area contributed by atoms with E-state index in [4.69, 9.17) is 0 Å². The van der Waals surface area contributed by atoms with Crippen LogP contribution in [0.1, 0.15) is 34.9 Å². The Morgan fingerprint density at radius 1 is 1.31 bits per heavy atom. The average Bonchev–Trinajstić information content (AvgIpc) is 3.31. The molecule has 0 aliphatic carbocycles. The van der Waals surface area contributed by atoms with Crippen molar-refractivity contribution in [2.45, 2.75) is 25.8 Å². The van der Waals surface area contributed by atoms with Crippen molar-refractivity contribution < 1.29 is 4.79 Å². The first-order chi connectivity index (χ1) is 12.6. The van der Waals surface area contributed by atoms with Gasteiger partial charge in [-0.05, 0) is 43.5 Å². The van der Waals surface area contributed by atoms with Crippen molar-refractivity contribution in [3.8, 4) is 11.3 Å². The minimum atomic E-state index is -0.00515. The van der Waals surface area contributed by atoms with Gasteiger partial charge in [0.05, 0.1) is 17.9 Å². The molecule has 7 heteroatoms. The number of benzene rings is 1. The highest BCUT2D eigenvalue weighted by Gasteiger charge is 2.27. The molecule has 1 amide bonds. The quantitative estimate of drug-likeness (QED) is 0.709. The summed E-state index contributed by atoms with van der Waals surface area (Å²) in [6.07, 6.45) is 5.92. The summed E-state index contributed by atoms with van der Waals surface area (Å²) >= 11 is 3.43. The van der Waals surface area contributed by atoms with Crippen LogP contribution in [0.3, 0.4) is 0 Å². The van der Waals surface area contributed by atoms with Gasteiger partial charge in [0, 0.05) is 29.3 Å². The van der Waals surface area contributed by atoms with Gasteiger partial charge in [0.2, 0.25) is 0 Å². The summed E-state index contributed by atoms with van der Waals surface area (Å²) in [4.78, 5) is 14.8. The summed E-state index contributed by atoms with van der Waals surface area (Å²) in [5.74, 6) is -0.00515. The topological polar surface area (TPSA) is 66.8 Å². The normalized spacial score (nSPS) is 17.5. The molecule has 1 aliphatic rings. The van der Waals surface area contributed by atoms with Crippen LogP contribution in [0.4, 0.5) is 0 Å². The highest BCUT2D eigenvalue weighted by Crippen LogP contribution is 2.24. The van der Waals surface area contributed by atoms with Gasteiger partial charge in [0.1, 0.15) is 5.69 Å². The molecule has 1 aromatic carbocycles. The number of hydrogen-bond donors (Lipinski definition) is 1. The number of aryl methyl sites for hydroxylation is 1. The molecule has 26 heavy (non-hydrogen) atoms. The van der Waals surface area contributed by atoms with Crippen molar-refractivity contribution in [2.24, 2.45) is 0 Å². The number of halogens is 1. The minimum Gasteiger partial charge on any atom is -0.335 e. The fraction of sp³-hybridized carbons (Fsp3) is 0.316. The van der Waals surface area contributed by atoms with Gasteiger partial charge in [0.25, 0.3) is 5.91 Å². The van der Waals surface area contributed by atoms with E-state index < -0.39 is 0 Å². The molecule has 0 radical (unpaired) electrons. The van der Waals surface area contributed by atoms with Gasteiger partial charge in [-0.3, -0.25) is 14.6 Å². The molecule has 1 unspecified atom stereocenters. The Labute approximate surface area is 160 Å². The summed E-state index contributed by atoms with van der Waals surface area (Å²) in [5, 5.41) is 11.6. The lowest BCUT2D eigenvalue weighted by atomic mass is 10.1. The van der Waals surface area contributed by atoms with E-state index >= 15 is 0 Å². The number of H-pyrrole nitrogens is 1. The summed E-state index contributed by atoms with van der Waals surface area (Å²) in [6.45, 7) is 3.47. The second-order valence-corrected chi connectivity index (χ2v) is 7.63. The fourth-order valence-electron chi connectivity index (χ4n) is 3.36. The molecule has 0 bridgehead atoms. The van der Waals surface area contributed by atoms with Crippen molar-refractivity contribution in [1.29, 1.82) is 0 Å². The van der Waals surface area contributed by atoms with E-state index in [2.05, 4.69) is 31.2 Å². The highest BCUT2D eigenvalue weighted by atomic mass is 79.9. The van der Waals surface area contributed by atoms with E-state index in [1.165, 1.54) is 0 Å². The second-order valence-electron chi connectivity index (χ2n) is 6.72. The molecule has 1 atom stereocenters. The van der Waals surface area contributed by atoms with Gasteiger partial charge in [0.15, 0.2) is 0 Å². The summed E-state index contributed by atoms with van der Waals surface area (Å²) < 4.78 is 3.00. The summed E-state index contributed by atoms with van der Waals surface area (Å²) in [7, 11) is 0. The molecule has 6 nitrogen and oxygen atoms in total. The standard InChI is InChI=1S/C19H20BrN5O/c1-13-10-21-25(11-13)16-3-2-8-24(12-16)19(26)18-9-17(22-23-18)14-4-6-15(20)7-5-14/h4-7,9-11,16H,2-3,8,12H2,1H3,(H,22,23). The Morgan fingerprint density at radius 2 is 2.12 bits per heavy atom. The third-order valence-corrected chi connectivity index (χ3v) is 5.27. The van der Waals surface area contributed by atoms with Crippen LogP contribution in [-0.4, -0.2) is 43.9 Å². The van der Waals surface area contributed by atoms with Crippen molar-refractivity contribution in [2.75, 3.05) is 13.1 Å². The van der Waals surface area contributed by atoms with Gasteiger partial charge >= 0.3 is 0 Å². The molecule has 1 N–H and O–H groups in total. The number of amides is 1. The van der Waals surface area contributed by atoms with Gasteiger partial charge in [-0.25, -0.2) is 0 Å². The lowest BCUT2D eigenvalue weighted by Crippen LogP contribution is -2.41. The molecular weight excluding hydrogens is 394 g/mol. The van der Waals surface area contributed by atoms with Crippen LogP contribution in [0, 0.1) is 6.92 Å². The first-order valence-corrected chi connectivity index (χ1v) is 9.51. The highest BCUT2D eigenvalue weighted by molar-refractivity contribution is 9.10. The van der Waals surface area contributed by atoms with Gasteiger partial charge in [-0.2, -0.15) is 10.2 Å².